The van der Waals surface area contributed by atoms with Gasteiger partial charge in [-0.3, -0.25) is 10.1 Å². The lowest BCUT2D eigenvalue weighted by molar-refractivity contribution is -0.402. The van der Waals surface area contributed by atoms with Crippen molar-refractivity contribution in [2.45, 2.75) is 26.2 Å². The third kappa shape index (κ3) is 7.14. The van der Waals surface area contributed by atoms with Crippen LogP contribution in [-0.2, 0) is 0 Å². The SMILES string of the molecule is CCCCC=C[N+](=O)[O-]. The summed E-state index contributed by atoms with van der Waals surface area (Å²) in [6.45, 7) is 2.06. The van der Waals surface area contributed by atoms with Gasteiger partial charge in [-0.1, -0.05) is 13.3 Å². The van der Waals surface area contributed by atoms with Crippen LogP contribution in [0.3, 0.4) is 0 Å². The molecule has 0 bridgehead atoms. The molecule has 0 radical (unpaired) electrons. The second kappa shape index (κ2) is 5.28. The van der Waals surface area contributed by atoms with E-state index >= 15 is 0 Å². The van der Waals surface area contributed by atoms with Gasteiger partial charge in [0.15, 0.2) is 0 Å². The second-order valence-corrected chi connectivity index (χ2v) is 1.81. The average Bonchev–Trinajstić information content (AvgIpc) is 1.80. The molecule has 0 aliphatic rings. The number of unbranched alkanes of at least 4 members (excludes halogenated alkanes) is 2. The van der Waals surface area contributed by atoms with E-state index in [-0.39, 0.29) is 0 Å². The van der Waals surface area contributed by atoms with E-state index in [1.807, 2.05) is 0 Å². The summed E-state index contributed by atoms with van der Waals surface area (Å²) in [5, 5.41) is 9.68. The molecule has 0 aromatic heterocycles. The highest BCUT2D eigenvalue weighted by Crippen LogP contribution is 1.93. The van der Waals surface area contributed by atoms with Gasteiger partial charge >= 0.3 is 0 Å². The molecule has 0 aliphatic carbocycles. The van der Waals surface area contributed by atoms with Crippen LogP contribution >= 0.6 is 0 Å². The zero-order valence-electron chi connectivity index (χ0n) is 5.54. The first-order valence-corrected chi connectivity index (χ1v) is 3.07. The molecule has 0 rings (SSSR count). The minimum absolute atomic E-state index is 0.435. The number of nitrogens with zero attached hydrogens (tertiary/aromatic N) is 1. The molecule has 0 aromatic rings. The first-order valence-electron chi connectivity index (χ1n) is 3.07. The highest BCUT2D eigenvalue weighted by Gasteiger charge is 1.82. The monoisotopic (exact) mass is 129 g/mol. The Morgan fingerprint density at radius 2 is 2.33 bits per heavy atom. The van der Waals surface area contributed by atoms with E-state index in [2.05, 4.69) is 6.92 Å². The van der Waals surface area contributed by atoms with E-state index in [0.29, 0.717) is 0 Å². The summed E-state index contributed by atoms with van der Waals surface area (Å²) in [6.07, 6.45) is 5.52. The van der Waals surface area contributed by atoms with Gasteiger partial charge in [-0.15, -0.1) is 0 Å². The predicted molar refractivity (Wildman–Crippen MR) is 35.7 cm³/mol. The van der Waals surface area contributed by atoms with Gasteiger partial charge in [0.05, 0.1) is 4.92 Å². The van der Waals surface area contributed by atoms with Crippen molar-refractivity contribution >= 4 is 0 Å². The Morgan fingerprint density at radius 1 is 1.67 bits per heavy atom. The highest BCUT2D eigenvalue weighted by molar-refractivity contribution is 4.71. The molecule has 0 saturated carbocycles. The van der Waals surface area contributed by atoms with Crippen molar-refractivity contribution in [3.8, 4) is 0 Å². The topological polar surface area (TPSA) is 43.1 Å². The van der Waals surface area contributed by atoms with E-state index in [1.54, 1.807) is 6.08 Å². The molecular formula is C6H11NO2. The first-order chi connectivity index (χ1) is 4.27. The maximum Gasteiger partial charge on any atom is 0.230 e. The zero-order chi connectivity index (χ0) is 7.11. The van der Waals surface area contributed by atoms with Crippen LogP contribution in [0.25, 0.3) is 0 Å². The van der Waals surface area contributed by atoms with Crippen LogP contribution in [0.5, 0.6) is 0 Å². The molecule has 0 amide bonds. The third-order valence-electron chi connectivity index (χ3n) is 0.951. The fourth-order valence-corrected chi connectivity index (χ4v) is 0.483. The Labute approximate surface area is 54.5 Å². The molecule has 9 heavy (non-hydrogen) atoms. The predicted octanol–water partition coefficient (Wildman–Crippen LogP) is 1.97. The van der Waals surface area contributed by atoms with Gasteiger partial charge in [0.1, 0.15) is 0 Å². The van der Waals surface area contributed by atoms with Gasteiger partial charge in [0.2, 0.25) is 6.20 Å². The number of rotatable bonds is 4. The summed E-state index contributed by atoms with van der Waals surface area (Å²) in [6, 6.07) is 0. The smallest absolute Gasteiger partial charge is 0.230 e. The van der Waals surface area contributed by atoms with Gasteiger partial charge < -0.3 is 0 Å². The largest absolute Gasteiger partial charge is 0.259 e. The van der Waals surface area contributed by atoms with Crippen LogP contribution in [-0.4, -0.2) is 4.92 Å². The molecule has 52 valence electrons. The van der Waals surface area contributed by atoms with Crippen molar-refractivity contribution in [1.29, 1.82) is 0 Å². The zero-order valence-corrected chi connectivity index (χ0v) is 5.54. The van der Waals surface area contributed by atoms with Gasteiger partial charge in [-0.25, -0.2) is 0 Å². The quantitative estimate of drug-likeness (QED) is 0.331. The van der Waals surface area contributed by atoms with Crippen molar-refractivity contribution in [1.82, 2.24) is 0 Å². The van der Waals surface area contributed by atoms with Crippen LogP contribution in [0.15, 0.2) is 12.3 Å². The summed E-state index contributed by atoms with van der Waals surface area (Å²) in [7, 11) is 0. The van der Waals surface area contributed by atoms with Crippen LogP contribution < -0.4 is 0 Å². The molecule has 0 N–H and O–H groups in total. The fraction of sp³-hybridized carbons (Fsp3) is 0.667. The number of allylic oxidation sites excluding steroid dienone is 1. The lowest BCUT2D eigenvalue weighted by Crippen LogP contribution is -1.81. The van der Waals surface area contributed by atoms with Gasteiger partial charge in [0, 0.05) is 0 Å². The summed E-state index contributed by atoms with van der Waals surface area (Å²) < 4.78 is 0. The molecule has 0 heterocycles. The van der Waals surface area contributed by atoms with Crippen molar-refractivity contribution in [3.63, 3.8) is 0 Å². The van der Waals surface area contributed by atoms with E-state index < -0.39 is 4.92 Å². The molecule has 0 unspecified atom stereocenters. The Morgan fingerprint density at radius 3 is 2.78 bits per heavy atom. The maximum atomic E-state index is 9.68. The minimum Gasteiger partial charge on any atom is -0.259 e. The standard InChI is InChI=1S/C6H11NO2/c1-2-3-4-5-6-7(8)9/h5-6H,2-4H2,1H3. The molecule has 0 fully saturated rings. The lowest BCUT2D eigenvalue weighted by Gasteiger charge is -1.83. The van der Waals surface area contributed by atoms with E-state index in [0.717, 1.165) is 25.5 Å². The van der Waals surface area contributed by atoms with Gasteiger partial charge in [0.25, 0.3) is 0 Å². The van der Waals surface area contributed by atoms with Crippen LogP contribution in [0, 0.1) is 10.1 Å². The highest BCUT2D eigenvalue weighted by atomic mass is 16.6. The van der Waals surface area contributed by atoms with Crippen molar-refractivity contribution < 1.29 is 4.92 Å². The Balaban J connectivity index is 3.15. The van der Waals surface area contributed by atoms with Crippen LogP contribution in [0.4, 0.5) is 0 Å². The van der Waals surface area contributed by atoms with Gasteiger partial charge in [-0.05, 0) is 18.9 Å². The number of hydrogen-bond donors (Lipinski definition) is 0. The van der Waals surface area contributed by atoms with Crippen molar-refractivity contribution in [3.05, 3.63) is 22.4 Å². The maximum absolute atomic E-state index is 9.68. The molecule has 3 heteroatoms. The minimum atomic E-state index is -0.435. The molecular weight excluding hydrogens is 118 g/mol. The summed E-state index contributed by atoms with van der Waals surface area (Å²) in [5.41, 5.74) is 0. The first kappa shape index (κ1) is 8.14. The van der Waals surface area contributed by atoms with Crippen LogP contribution in [0.2, 0.25) is 0 Å². The molecule has 0 spiro atoms. The summed E-state index contributed by atoms with van der Waals surface area (Å²) in [4.78, 5) is 9.25. The summed E-state index contributed by atoms with van der Waals surface area (Å²) >= 11 is 0. The fourth-order valence-electron chi connectivity index (χ4n) is 0.483. The Bertz CT molecular complexity index is 110. The van der Waals surface area contributed by atoms with E-state index in [4.69, 9.17) is 0 Å². The lowest BCUT2D eigenvalue weighted by atomic mass is 10.2. The Hall–Kier alpha value is -0.860. The average molecular weight is 129 g/mol. The van der Waals surface area contributed by atoms with Crippen LogP contribution in [0.1, 0.15) is 26.2 Å². The molecule has 0 saturated heterocycles. The van der Waals surface area contributed by atoms with Crippen molar-refractivity contribution in [2.75, 3.05) is 0 Å². The molecule has 0 aromatic carbocycles. The van der Waals surface area contributed by atoms with Crippen molar-refractivity contribution in [2.24, 2.45) is 0 Å². The Kier molecular flexibility index (Phi) is 4.78. The third-order valence-corrected chi connectivity index (χ3v) is 0.951. The van der Waals surface area contributed by atoms with Gasteiger partial charge in [-0.2, -0.15) is 0 Å². The van der Waals surface area contributed by atoms with E-state index in [1.165, 1.54) is 0 Å². The number of hydrogen-bond acceptors (Lipinski definition) is 2. The number of nitro groups is 1. The molecule has 0 atom stereocenters. The normalized spacial score (nSPS) is 10.3. The second-order valence-electron chi connectivity index (χ2n) is 1.81. The molecule has 3 nitrogen and oxygen atoms in total. The summed E-state index contributed by atoms with van der Waals surface area (Å²) in [5.74, 6) is 0. The van der Waals surface area contributed by atoms with E-state index in [9.17, 15) is 10.1 Å². The molecule has 0 aliphatic heterocycles.